The van der Waals surface area contributed by atoms with E-state index in [9.17, 15) is 9.90 Å². The second-order valence-electron chi connectivity index (χ2n) is 9.11. The number of aliphatic hydroxyl groups is 1. The number of rotatable bonds is 7. The van der Waals surface area contributed by atoms with Gasteiger partial charge in [-0.2, -0.15) is 0 Å². The average Bonchev–Trinajstić information content (AvgIpc) is 3.11. The van der Waals surface area contributed by atoms with E-state index in [-0.39, 0.29) is 17.4 Å². The van der Waals surface area contributed by atoms with Crippen molar-refractivity contribution >= 4 is 6.09 Å². The maximum absolute atomic E-state index is 12.6. The van der Waals surface area contributed by atoms with Crippen molar-refractivity contribution in [3.63, 3.8) is 0 Å². The highest BCUT2D eigenvalue weighted by Crippen LogP contribution is 2.44. The fourth-order valence-corrected chi connectivity index (χ4v) is 5.18. The van der Waals surface area contributed by atoms with E-state index in [0.717, 1.165) is 19.3 Å². The zero-order chi connectivity index (χ0) is 21.7. The summed E-state index contributed by atoms with van der Waals surface area (Å²) in [4.78, 5) is 12.6. The zero-order valence-corrected chi connectivity index (χ0v) is 18.3. The summed E-state index contributed by atoms with van der Waals surface area (Å²) < 4.78 is 5.71. The van der Waals surface area contributed by atoms with Gasteiger partial charge in [0.2, 0.25) is 0 Å². The van der Waals surface area contributed by atoms with Crippen molar-refractivity contribution in [1.29, 1.82) is 0 Å². The number of hydrogen-bond acceptors (Lipinski definition) is 3. The molecule has 4 nitrogen and oxygen atoms in total. The molecule has 0 bridgehead atoms. The third-order valence-corrected chi connectivity index (χ3v) is 6.83. The van der Waals surface area contributed by atoms with Crippen molar-refractivity contribution in [2.45, 2.75) is 57.5 Å². The summed E-state index contributed by atoms with van der Waals surface area (Å²) in [6, 6.07) is 16.8. The van der Waals surface area contributed by atoms with Gasteiger partial charge in [0.25, 0.3) is 0 Å². The van der Waals surface area contributed by atoms with E-state index in [0.29, 0.717) is 13.2 Å². The van der Waals surface area contributed by atoms with Gasteiger partial charge in [0, 0.05) is 12.5 Å². The van der Waals surface area contributed by atoms with Gasteiger partial charge >= 0.3 is 6.09 Å². The van der Waals surface area contributed by atoms with Crippen molar-refractivity contribution in [1.82, 2.24) is 5.32 Å². The predicted molar refractivity (Wildman–Crippen MR) is 124 cm³/mol. The number of amides is 1. The molecule has 0 spiro atoms. The first-order valence-electron chi connectivity index (χ1n) is 11.5. The fourth-order valence-electron chi connectivity index (χ4n) is 5.18. The molecular formula is C27H33NO3. The Morgan fingerprint density at radius 3 is 2.32 bits per heavy atom. The monoisotopic (exact) mass is 419 g/mol. The largest absolute Gasteiger partial charge is 0.449 e. The lowest BCUT2D eigenvalue weighted by molar-refractivity contribution is 0.127. The zero-order valence-electron chi connectivity index (χ0n) is 18.3. The number of nitrogens with one attached hydrogen (secondary N) is 1. The lowest BCUT2D eigenvalue weighted by atomic mass is 9.71. The fraction of sp³-hybridized carbons (Fsp3) is 0.444. The van der Waals surface area contributed by atoms with Crippen LogP contribution in [0.2, 0.25) is 0 Å². The van der Waals surface area contributed by atoms with E-state index >= 15 is 0 Å². The Morgan fingerprint density at radius 2 is 1.71 bits per heavy atom. The van der Waals surface area contributed by atoms with Crippen molar-refractivity contribution in [3.05, 3.63) is 71.8 Å². The summed E-state index contributed by atoms with van der Waals surface area (Å²) in [6.45, 7) is 2.72. The van der Waals surface area contributed by atoms with Crippen molar-refractivity contribution in [3.8, 4) is 11.1 Å². The maximum atomic E-state index is 12.6. The maximum Gasteiger partial charge on any atom is 0.407 e. The number of ether oxygens (including phenoxy) is 1. The van der Waals surface area contributed by atoms with Crippen LogP contribution in [0.4, 0.5) is 4.79 Å². The molecule has 1 fully saturated rings. The van der Waals surface area contributed by atoms with Crippen LogP contribution >= 0.6 is 0 Å². The van der Waals surface area contributed by atoms with Gasteiger partial charge in [0.05, 0.1) is 6.10 Å². The Morgan fingerprint density at radius 1 is 1.10 bits per heavy atom. The number of fused-ring (bicyclic) bond motifs is 3. The van der Waals surface area contributed by atoms with Gasteiger partial charge in [-0.15, -0.1) is 0 Å². The molecule has 31 heavy (non-hydrogen) atoms. The van der Waals surface area contributed by atoms with Gasteiger partial charge in [-0.3, -0.25) is 0 Å². The summed E-state index contributed by atoms with van der Waals surface area (Å²) in [7, 11) is 0. The summed E-state index contributed by atoms with van der Waals surface area (Å²) in [6.07, 6.45) is 9.83. The minimum Gasteiger partial charge on any atom is -0.449 e. The van der Waals surface area contributed by atoms with Crippen LogP contribution in [0, 0.1) is 5.41 Å². The van der Waals surface area contributed by atoms with Crippen LogP contribution in [0.5, 0.6) is 0 Å². The third-order valence-electron chi connectivity index (χ3n) is 6.83. The van der Waals surface area contributed by atoms with Gasteiger partial charge in [0.15, 0.2) is 0 Å². The molecular weight excluding hydrogens is 386 g/mol. The van der Waals surface area contributed by atoms with Crippen molar-refractivity contribution < 1.29 is 14.6 Å². The van der Waals surface area contributed by atoms with E-state index < -0.39 is 6.10 Å². The van der Waals surface area contributed by atoms with Crippen LogP contribution in [0.25, 0.3) is 11.1 Å². The Kier molecular flexibility index (Phi) is 6.77. The number of alkyl carbamates (subject to hydrolysis) is 1. The first kappa shape index (κ1) is 21.6. The molecule has 2 aromatic carbocycles. The molecule has 2 N–H and O–H groups in total. The first-order chi connectivity index (χ1) is 15.1. The Bertz CT molecular complexity index is 882. The standard InChI is InChI=1S/C27H33NO3/c1-20(29)10-9-17-27(15-7-2-8-16-27)19-28-26(30)31-18-25-23-13-5-3-11-21(23)22-12-4-6-14-24(22)25/h3-6,9-14,20,25,29H,2,7-8,15-19H2,1H3,(H,28,30)/b10-9+/t20-/m1/s1. The van der Waals surface area contributed by atoms with E-state index in [2.05, 4.69) is 47.8 Å². The smallest absolute Gasteiger partial charge is 0.407 e. The molecule has 1 amide bonds. The second kappa shape index (κ2) is 9.69. The van der Waals surface area contributed by atoms with E-state index in [4.69, 9.17) is 4.74 Å². The quantitative estimate of drug-likeness (QED) is 0.558. The minimum atomic E-state index is -0.435. The number of benzene rings is 2. The molecule has 4 heteroatoms. The lowest BCUT2D eigenvalue weighted by Crippen LogP contribution is -2.39. The molecule has 2 aromatic rings. The predicted octanol–water partition coefficient (Wildman–Crippen LogP) is 5.80. The minimum absolute atomic E-state index is 0.0647. The molecule has 0 aromatic heterocycles. The lowest BCUT2D eigenvalue weighted by Gasteiger charge is -2.36. The average molecular weight is 420 g/mol. The van der Waals surface area contributed by atoms with Gasteiger partial charge < -0.3 is 15.2 Å². The molecule has 4 rings (SSSR count). The van der Waals surface area contributed by atoms with Crippen LogP contribution in [0.1, 0.15) is 62.5 Å². The first-order valence-corrected chi connectivity index (χ1v) is 11.5. The topological polar surface area (TPSA) is 58.6 Å². The van der Waals surface area contributed by atoms with Crippen molar-refractivity contribution in [2.75, 3.05) is 13.2 Å². The van der Waals surface area contributed by atoms with E-state index in [1.807, 2.05) is 18.2 Å². The molecule has 2 aliphatic carbocycles. The molecule has 1 atom stereocenters. The summed E-state index contributed by atoms with van der Waals surface area (Å²) in [5, 5.41) is 12.6. The number of aliphatic hydroxyl groups excluding tert-OH is 1. The number of hydrogen-bond donors (Lipinski definition) is 2. The van der Waals surface area contributed by atoms with Crippen LogP contribution < -0.4 is 5.32 Å². The van der Waals surface area contributed by atoms with Crippen LogP contribution in [-0.2, 0) is 4.74 Å². The Hall–Kier alpha value is -2.59. The molecule has 0 aliphatic heterocycles. The van der Waals surface area contributed by atoms with Crippen LogP contribution in [0.3, 0.4) is 0 Å². The highest BCUT2D eigenvalue weighted by atomic mass is 16.5. The Labute approximate surface area is 185 Å². The second-order valence-corrected chi connectivity index (χ2v) is 9.11. The van der Waals surface area contributed by atoms with Crippen LogP contribution in [-0.4, -0.2) is 30.5 Å². The van der Waals surface area contributed by atoms with Gasteiger partial charge in [0.1, 0.15) is 6.61 Å². The molecule has 0 radical (unpaired) electrons. The van der Waals surface area contributed by atoms with E-state index in [1.54, 1.807) is 6.92 Å². The van der Waals surface area contributed by atoms with Gasteiger partial charge in [-0.25, -0.2) is 4.79 Å². The van der Waals surface area contributed by atoms with Crippen LogP contribution in [0.15, 0.2) is 60.7 Å². The molecule has 164 valence electrons. The normalized spacial score (nSPS) is 18.4. The molecule has 0 unspecified atom stereocenters. The highest BCUT2D eigenvalue weighted by molar-refractivity contribution is 5.79. The summed E-state index contributed by atoms with van der Waals surface area (Å²) >= 11 is 0. The molecule has 0 heterocycles. The number of carbonyl (C=O) groups is 1. The summed E-state index contributed by atoms with van der Waals surface area (Å²) in [5.74, 6) is 0.0794. The number of carbonyl (C=O) groups excluding carboxylic acids is 1. The highest BCUT2D eigenvalue weighted by Gasteiger charge is 2.32. The number of allylic oxidation sites excluding steroid dienone is 1. The molecule has 1 saturated carbocycles. The van der Waals surface area contributed by atoms with Gasteiger partial charge in [-0.05, 0) is 53.9 Å². The molecule has 2 aliphatic rings. The summed E-state index contributed by atoms with van der Waals surface area (Å²) in [5.41, 5.74) is 4.98. The SMILES string of the molecule is C[C@@H](O)/C=C/CC1(CNC(=O)OCC2c3ccccc3-c3ccccc32)CCCCC1. The Balaban J connectivity index is 1.37. The molecule has 0 saturated heterocycles. The van der Waals surface area contributed by atoms with Crippen molar-refractivity contribution in [2.24, 2.45) is 5.41 Å². The third kappa shape index (κ3) is 5.01. The van der Waals surface area contributed by atoms with Gasteiger partial charge in [-0.1, -0.05) is 79.9 Å². The van der Waals surface area contributed by atoms with E-state index in [1.165, 1.54) is 41.5 Å².